The summed E-state index contributed by atoms with van der Waals surface area (Å²) in [6.45, 7) is 6.57. The van der Waals surface area contributed by atoms with E-state index in [0.717, 1.165) is 11.4 Å². The predicted molar refractivity (Wildman–Crippen MR) is 85.9 cm³/mol. The summed E-state index contributed by atoms with van der Waals surface area (Å²) in [5, 5.41) is 19.5. The van der Waals surface area contributed by atoms with Crippen LogP contribution in [0.25, 0.3) is 0 Å². The van der Waals surface area contributed by atoms with Crippen LogP contribution in [-0.4, -0.2) is 44.3 Å². The van der Waals surface area contributed by atoms with Gasteiger partial charge in [0.1, 0.15) is 11.2 Å². The summed E-state index contributed by atoms with van der Waals surface area (Å²) in [6, 6.07) is 3.71. The lowest BCUT2D eigenvalue weighted by Crippen LogP contribution is -2.60. The quantitative estimate of drug-likeness (QED) is 0.772. The van der Waals surface area contributed by atoms with Crippen molar-refractivity contribution in [2.45, 2.75) is 27.2 Å². The monoisotopic (exact) mass is 316 g/mol. The van der Waals surface area contributed by atoms with Gasteiger partial charge in [-0.3, -0.25) is 9.89 Å². The Hall–Kier alpha value is -2.64. The largest absolute Gasteiger partial charge is 0.481 e. The fourth-order valence-electron chi connectivity index (χ4n) is 2.71. The van der Waals surface area contributed by atoms with Crippen LogP contribution in [0, 0.1) is 19.3 Å². The van der Waals surface area contributed by atoms with Crippen LogP contribution in [0.2, 0.25) is 0 Å². The summed E-state index contributed by atoms with van der Waals surface area (Å²) in [7, 11) is 0. The fourth-order valence-corrected chi connectivity index (χ4v) is 2.71. The van der Waals surface area contributed by atoms with Crippen LogP contribution in [0.15, 0.2) is 12.1 Å². The maximum Gasteiger partial charge on any atom is 0.313 e. The number of H-pyrrole nitrogens is 1. The first-order valence-corrected chi connectivity index (χ1v) is 7.55. The molecule has 2 aromatic heterocycles. The lowest BCUT2D eigenvalue weighted by atomic mass is 9.77. The minimum absolute atomic E-state index is 0.434. The maximum atomic E-state index is 11.4. The summed E-state index contributed by atoms with van der Waals surface area (Å²) in [6.07, 6.45) is 0.600. The van der Waals surface area contributed by atoms with Crippen molar-refractivity contribution in [2.75, 3.05) is 23.3 Å². The number of hydrogen-bond donors (Lipinski definition) is 3. The van der Waals surface area contributed by atoms with Crippen molar-refractivity contribution in [1.29, 1.82) is 0 Å². The topological polar surface area (TPSA) is 107 Å². The smallest absolute Gasteiger partial charge is 0.313 e. The van der Waals surface area contributed by atoms with Gasteiger partial charge < -0.3 is 15.3 Å². The zero-order chi connectivity index (χ0) is 16.6. The van der Waals surface area contributed by atoms with E-state index in [0.29, 0.717) is 37.1 Å². The number of rotatable bonds is 5. The number of aliphatic carboxylic acids is 1. The van der Waals surface area contributed by atoms with Crippen LogP contribution >= 0.6 is 0 Å². The number of carbonyl (C=O) groups is 1. The summed E-state index contributed by atoms with van der Waals surface area (Å²) in [5.74, 6) is 1.12. The van der Waals surface area contributed by atoms with E-state index in [-0.39, 0.29) is 0 Å². The first kappa shape index (κ1) is 15.3. The van der Waals surface area contributed by atoms with Crippen LogP contribution in [0.5, 0.6) is 0 Å². The molecule has 0 aliphatic carbocycles. The summed E-state index contributed by atoms with van der Waals surface area (Å²) in [5.41, 5.74) is 1.09. The van der Waals surface area contributed by atoms with Crippen LogP contribution in [0.3, 0.4) is 0 Å². The lowest BCUT2D eigenvalue weighted by molar-refractivity contribution is -0.150. The first-order valence-electron chi connectivity index (χ1n) is 7.55. The highest BCUT2D eigenvalue weighted by Gasteiger charge is 2.49. The number of nitrogens with zero attached hydrogens (tertiary/aromatic N) is 4. The van der Waals surface area contributed by atoms with Crippen molar-refractivity contribution in [3.05, 3.63) is 23.5 Å². The molecule has 122 valence electrons. The van der Waals surface area contributed by atoms with E-state index in [1.54, 1.807) is 0 Å². The highest BCUT2D eigenvalue weighted by atomic mass is 16.4. The standard InChI is InChI=1S/C15H20N6O2/c1-4-15(13(22)23)7-21(8-15)14-16-9(2)5-11(18-14)17-12-6-10(3)19-20-12/h5-6H,4,7-8H2,1-3H3,(H,22,23)(H2,16,17,18,19,20). The second-order valence-electron chi connectivity index (χ2n) is 6.05. The Balaban J connectivity index is 1.78. The van der Waals surface area contributed by atoms with Crippen molar-refractivity contribution in [2.24, 2.45) is 5.41 Å². The van der Waals surface area contributed by atoms with Crippen molar-refractivity contribution >= 4 is 23.6 Å². The number of nitrogens with one attached hydrogen (secondary N) is 2. The molecule has 3 N–H and O–H groups in total. The van der Waals surface area contributed by atoms with E-state index < -0.39 is 11.4 Å². The number of hydrogen-bond acceptors (Lipinski definition) is 6. The average Bonchev–Trinajstić information content (AvgIpc) is 2.82. The molecule has 0 atom stereocenters. The molecule has 1 aliphatic heterocycles. The van der Waals surface area contributed by atoms with E-state index in [1.165, 1.54) is 0 Å². The molecule has 1 aliphatic rings. The molecule has 1 saturated heterocycles. The van der Waals surface area contributed by atoms with Crippen molar-refractivity contribution in [1.82, 2.24) is 20.2 Å². The fraction of sp³-hybridized carbons (Fsp3) is 0.467. The molecular formula is C15H20N6O2. The molecule has 8 nitrogen and oxygen atoms in total. The Kier molecular flexibility index (Phi) is 3.67. The molecule has 3 heterocycles. The highest BCUT2D eigenvalue weighted by Crippen LogP contribution is 2.36. The van der Waals surface area contributed by atoms with Crippen LogP contribution in [0.1, 0.15) is 24.7 Å². The second kappa shape index (κ2) is 5.53. The third-order valence-electron chi connectivity index (χ3n) is 4.20. The summed E-state index contributed by atoms with van der Waals surface area (Å²) < 4.78 is 0. The van der Waals surface area contributed by atoms with E-state index in [2.05, 4.69) is 25.5 Å². The molecule has 3 rings (SSSR count). The van der Waals surface area contributed by atoms with Gasteiger partial charge in [-0.1, -0.05) is 6.92 Å². The number of carboxylic acids is 1. The van der Waals surface area contributed by atoms with Gasteiger partial charge in [-0.15, -0.1) is 0 Å². The number of carboxylic acid groups (broad SMARTS) is 1. The normalized spacial score (nSPS) is 16.0. The van der Waals surface area contributed by atoms with E-state index in [4.69, 9.17) is 0 Å². The van der Waals surface area contributed by atoms with Crippen LogP contribution < -0.4 is 10.2 Å². The van der Waals surface area contributed by atoms with Crippen molar-refractivity contribution in [3.8, 4) is 0 Å². The van der Waals surface area contributed by atoms with Gasteiger partial charge in [-0.25, -0.2) is 4.98 Å². The molecule has 23 heavy (non-hydrogen) atoms. The Bertz CT molecular complexity index is 735. The van der Waals surface area contributed by atoms with Crippen molar-refractivity contribution < 1.29 is 9.90 Å². The number of anilines is 3. The molecule has 0 spiro atoms. The SMILES string of the molecule is CCC1(C(=O)O)CN(c2nc(C)cc(Nc3cc(C)[nH]n3)n2)C1. The lowest BCUT2D eigenvalue weighted by Gasteiger charge is -2.46. The summed E-state index contributed by atoms with van der Waals surface area (Å²) in [4.78, 5) is 22.2. The minimum Gasteiger partial charge on any atom is -0.481 e. The van der Waals surface area contributed by atoms with Gasteiger partial charge in [0, 0.05) is 36.6 Å². The number of aryl methyl sites for hydroxylation is 2. The number of aromatic amines is 1. The van der Waals surface area contributed by atoms with E-state index in [1.807, 2.05) is 37.8 Å². The number of aromatic nitrogens is 4. The van der Waals surface area contributed by atoms with Gasteiger partial charge in [-0.2, -0.15) is 10.1 Å². The minimum atomic E-state index is -0.755. The molecule has 8 heteroatoms. The first-order chi connectivity index (χ1) is 10.9. The summed E-state index contributed by atoms with van der Waals surface area (Å²) >= 11 is 0. The Morgan fingerprint density at radius 1 is 1.35 bits per heavy atom. The van der Waals surface area contributed by atoms with Gasteiger partial charge >= 0.3 is 5.97 Å². The molecule has 0 unspecified atom stereocenters. The van der Waals surface area contributed by atoms with Crippen LogP contribution in [0.4, 0.5) is 17.6 Å². The zero-order valence-electron chi connectivity index (χ0n) is 13.4. The van der Waals surface area contributed by atoms with Gasteiger partial charge in [0.2, 0.25) is 5.95 Å². The Morgan fingerprint density at radius 2 is 2.09 bits per heavy atom. The Labute approximate surface area is 134 Å². The molecule has 1 fully saturated rings. The molecule has 0 bridgehead atoms. The van der Waals surface area contributed by atoms with Crippen LogP contribution in [-0.2, 0) is 4.79 Å². The van der Waals surface area contributed by atoms with Gasteiger partial charge in [0.05, 0.1) is 0 Å². The molecule has 0 amide bonds. The van der Waals surface area contributed by atoms with E-state index >= 15 is 0 Å². The third-order valence-corrected chi connectivity index (χ3v) is 4.20. The predicted octanol–water partition coefficient (Wildman–Crippen LogP) is 1.86. The van der Waals surface area contributed by atoms with Gasteiger partial charge in [0.15, 0.2) is 5.82 Å². The van der Waals surface area contributed by atoms with Gasteiger partial charge in [-0.05, 0) is 20.3 Å². The molecule has 0 saturated carbocycles. The molecule has 0 aromatic carbocycles. The Morgan fingerprint density at radius 3 is 2.65 bits per heavy atom. The highest BCUT2D eigenvalue weighted by molar-refractivity contribution is 5.78. The molecular weight excluding hydrogens is 296 g/mol. The van der Waals surface area contributed by atoms with Gasteiger partial charge in [0.25, 0.3) is 0 Å². The molecule has 2 aromatic rings. The second-order valence-corrected chi connectivity index (χ2v) is 6.05. The maximum absolute atomic E-state index is 11.4. The zero-order valence-corrected chi connectivity index (χ0v) is 13.4. The third kappa shape index (κ3) is 2.84. The van der Waals surface area contributed by atoms with E-state index in [9.17, 15) is 9.90 Å². The van der Waals surface area contributed by atoms with Crippen molar-refractivity contribution in [3.63, 3.8) is 0 Å². The molecule has 0 radical (unpaired) electrons. The average molecular weight is 316 g/mol.